The van der Waals surface area contributed by atoms with Gasteiger partial charge in [0.05, 0.1) is 16.1 Å². The first-order valence-electron chi connectivity index (χ1n) is 11.5. The average Bonchev–Trinajstić information content (AvgIpc) is 3.45. The minimum Gasteiger partial charge on any atom is -0.359 e. The highest BCUT2D eigenvalue weighted by molar-refractivity contribution is 7.26. The fourth-order valence-corrected chi connectivity index (χ4v) is 6.89. The zero-order valence-corrected chi connectivity index (χ0v) is 19.0. The molecule has 0 atom stereocenters. The normalized spacial score (nSPS) is 13.7. The van der Waals surface area contributed by atoms with Gasteiger partial charge in [-0.25, -0.2) is 4.98 Å². The maximum absolute atomic E-state index is 5.01. The molecular weight excluding hydrogens is 433 g/mol. The van der Waals surface area contributed by atoms with Gasteiger partial charge in [-0.05, 0) is 41.4 Å². The molecule has 4 heterocycles. The minimum atomic E-state index is 0.00631. The van der Waals surface area contributed by atoms with Gasteiger partial charge < -0.3 is 9.62 Å². The van der Waals surface area contributed by atoms with Crippen LogP contribution < -0.4 is 15.1 Å². The van der Waals surface area contributed by atoms with Crippen molar-refractivity contribution < 1.29 is 0 Å². The molecule has 0 radical (unpaired) electrons. The number of rotatable bonds is 1. The highest BCUT2D eigenvalue weighted by atomic mass is 32.1. The minimum absolute atomic E-state index is 0.00631. The average molecular weight is 451 g/mol. The summed E-state index contributed by atoms with van der Waals surface area (Å²) in [5.41, 5.74) is 7.52. The van der Waals surface area contributed by atoms with Gasteiger partial charge >= 0.3 is 6.98 Å². The topological polar surface area (TPSA) is 19.4 Å². The molecule has 4 aromatic carbocycles. The van der Waals surface area contributed by atoms with Crippen molar-refractivity contribution in [3.8, 4) is 11.1 Å². The van der Waals surface area contributed by atoms with E-state index in [-0.39, 0.29) is 6.98 Å². The lowest BCUT2D eigenvalue weighted by atomic mass is 9.59. The Morgan fingerprint density at radius 2 is 1.26 bits per heavy atom. The molecule has 0 fully saturated rings. The number of nitrogens with zero attached hydrogens (tertiary/aromatic N) is 3. The Morgan fingerprint density at radius 3 is 2.15 bits per heavy atom. The van der Waals surface area contributed by atoms with Crippen molar-refractivity contribution in [2.24, 2.45) is 0 Å². The van der Waals surface area contributed by atoms with Crippen molar-refractivity contribution >= 4 is 66.8 Å². The molecule has 2 aliphatic rings. The van der Waals surface area contributed by atoms with Gasteiger partial charge in [0.2, 0.25) is 0 Å². The number of para-hydroxylation sites is 3. The molecule has 5 heteroatoms. The van der Waals surface area contributed by atoms with Gasteiger partial charge in [-0.15, -0.1) is 11.3 Å². The van der Waals surface area contributed by atoms with Gasteiger partial charge in [-0.2, -0.15) is 0 Å². The third-order valence-electron chi connectivity index (χ3n) is 7.09. The predicted octanol–water partition coefficient (Wildman–Crippen LogP) is 7.12. The maximum atomic E-state index is 5.01. The van der Waals surface area contributed by atoms with Gasteiger partial charge in [-0.1, -0.05) is 72.8 Å². The number of thiophene rings is 1. The van der Waals surface area contributed by atoms with Gasteiger partial charge in [0.1, 0.15) is 5.82 Å². The number of aromatic nitrogens is 1. The Kier molecular flexibility index (Phi) is 3.63. The first-order valence-corrected chi connectivity index (χ1v) is 12.3. The Hall–Kier alpha value is -4.09. The van der Waals surface area contributed by atoms with Crippen molar-refractivity contribution in [3.63, 3.8) is 0 Å². The molecule has 2 aliphatic heterocycles. The first kappa shape index (κ1) is 18.4. The molecule has 0 saturated carbocycles. The number of anilines is 4. The maximum Gasteiger partial charge on any atom is 0.422 e. The Bertz CT molecular complexity index is 1760. The van der Waals surface area contributed by atoms with Crippen LogP contribution in [0.25, 0.3) is 31.3 Å². The molecule has 0 bridgehead atoms. The summed E-state index contributed by atoms with van der Waals surface area (Å²) in [6, 6.07) is 37.1. The lowest BCUT2D eigenvalue weighted by molar-refractivity contribution is 1.27. The van der Waals surface area contributed by atoms with Crippen LogP contribution in [0.2, 0.25) is 0 Å². The van der Waals surface area contributed by atoms with Gasteiger partial charge in [0.25, 0.3) is 0 Å². The lowest BCUT2D eigenvalue weighted by Crippen LogP contribution is -2.55. The molecule has 0 N–H and O–H groups in total. The second-order valence-electron chi connectivity index (χ2n) is 8.82. The molecule has 6 aromatic rings. The van der Waals surface area contributed by atoms with Crippen LogP contribution in [0.4, 0.5) is 22.9 Å². The van der Waals surface area contributed by atoms with Gasteiger partial charge in [-0.3, -0.25) is 0 Å². The van der Waals surface area contributed by atoms with Crippen LogP contribution in [-0.4, -0.2) is 12.0 Å². The predicted molar refractivity (Wildman–Crippen MR) is 145 cm³/mol. The summed E-state index contributed by atoms with van der Waals surface area (Å²) in [6.07, 6.45) is 1.96. The SMILES string of the molecule is c1ccc2c(c1)B1N(c3ccccc3-2)c2ccccc2N1c1nccc2c1sc1ccccc12. The third-order valence-corrected chi connectivity index (χ3v) is 8.27. The van der Waals surface area contributed by atoms with Crippen molar-refractivity contribution in [2.75, 3.05) is 9.62 Å². The van der Waals surface area contributed by atoms with E-state index >= 15 is 0 Å². The number of hydrogen-bond acceptors (Lipinski definition) is 4. The third kappa shape index (κ3) is 2.29. The zero-order chi connectivity index (χ0) is 22.2. The van der Waals surface area contributed by atoms with Crippen molar-refractivity contribution in [1.82, 2.24) is 4.98 Å². The monoisotopic (exact) mass is 451 g/mol. The Labute approximate surface area is 201 Å². The van der Waals surface area contributed by atoms with E-state index in [1.54, 1.807) is 0 Å². The first-order chi connectivity index (χ1) is 16.9. The standard InChI is InChI=1S/C29H18BN3S/c1-4-12-23-19(9-1)20-10-2-5-13-24(20)32-25-14-6-7-15-26(25)33(30(23)32)29-28-22(17-18-31-29)21-11-3-8-16-27(21)34-28/h1-18H. The largest absolute Gasteiger partial charge is 0.422 e. The number of pyridine rings is 1. The number of hydrogen-bond donors (Lipinski definition) is 0. The molecule has 0 spiro atoms. The Balaban J connectivity index is 1.47. The van der Waals surface area contributed by atoms with Crippen molar-refractivity contribution in [2.45, 2.75) is 0 Å². The van der Waals surface area contributed by atoms with Gasteiger partial charge in [0, 0.05) is 32.9 Å². The van der Waals surface area contributed by atoms with Crippen molar-refractivity contribution in [3.05, 3.63) is 109 Å². The van der Waals surface area contributed by atoms with Crippen LogP contribution in [0.5, 0.6) is 0 Å². The quantitative estimate of drug-likeness (QED) is 0.248. The van der Waals surface area contributed by atoms with Crippen LogP contribution in [0.15, 0.2) is 109 Å². The molecule has 0 aliphatic carbocycles. The molecule has 2 aromatic heterocycles. The summed E-state index contributed by atoms with van der Waals surface area (Å²) < 4.78 is 2.53. The highest BCUT2D eigenvalue weighted by Crippen LogP contribution is 2.52. The van der Waals surface area contributed by atoms with Crippen LogP contribution in [0, 0.1) is 0 Å². The van der Waals surface area contributed by atoms with E-state index in [0.717, 1.165) is 5.82 Å². The summed E-state index contributed by atoms with van der Waals surface area (Å²) in [4.78, 5) is 9.95. The fourth-order valence-electron chi connectivity index (χ4n) is 5.71. The second kappa shape index (κ2) is 6.72. The van der Waals surface area contributed by atoms with Crippen LogP contribution in [0.1, 0.15) is 0 Å². The molecular formula is C29H18BN3S. The summed E-state index contributed by atoms with van der Waals surface area (Å²) in [7, 11) is 0. The number of fused-ring (bicyclic) bond motifs is 11. The molecule has 34 heavy (non-hydrogen) atoms. The zero-order valence-electron chi connectivity index (χ0n) is 18.2. The van der Waals surface area contributed by atoms with E-state index < -0.39 is 0 Å². The van der Waals surface area contributed by atoms with E-state index in [1.165, 1.54) is 53.8 Å². The van der Waals surface area contributed by atoms with Crippen LogP contribution >= 0.6 is 11.3 Å². The molecule has 0 unspecified atom stereocenters. The molecule has 0 saturated heterocycles. The lowest BCUT2D eigenvalue weighted by Gasteiger charge is -2.36. The highest BCUT2D eigenvalue weighted by Gasteiger charge is 2.48. The number of benzene rings is 4. The molecule has 8 rings (SSSR count). The van der Waals surface area contributed by atoms with E-state index in [2.05, 4.69) is 113 Å². The van der Waals surface area contributed by atoms with Gasteiger partial charge in [0.15, 0.2) is 0 Å². The summed E-state index contributed by atoms with van der Waals surface area (Å²) in [5, 5.41) is 2.57. The van der Waals surface area contributed by atoms with E-state index in [0.29, 0.717) is 0 Å². The van der Waals surface area contributed by atoms with E-state index in [4.69, 9.17) is 4.98 Å². The van der Waals surface area contributed by atoms with Crippen LogP contribution in [0.3, 0.4) is 0 Å². The second-order valence-corrected chi connectivity index (χ2v) is 9.87. The fraction of sp³-hybridized carbons (Fsp3) is 0. The Morgan fingerprint density at radius 1 is 0.588 bits per heavy atom. The molecule has 158 valence electrons. The summed E-state index contributed by atoms with van der Waals surface area (Å²) in [6.45, 7) is 0.00631. The summed E-state index contributed by atoms with van der Waals surface area (Å²) in [5.74, 6) is 1.02. The summed E-state index contributed by atoms with van der Waals surface area (Å²) >= 11 is 1.83. The van der Waals surface area contributed by atoms with E-state index in [1.807, 2.05) is 17.5 Å². The van der Waals surface area contributed by atoms with Crippen LogP contribution in [-0.2, 0) is 0 Å². The molecule has 0 amide bonds. The molecule has 3 nitrogen and oxygen atoms in total. The van der Waals surface area contributed by atoms with E-state index in [9.17, 15) is 0 Å². The smallest absolute Gasteiger partial charge is 0.359 e. The van der Waals surface area contributed by atoms with Crippen molar-refractivity contribution in [1.29, 1.82) is 0 Å².